The molecule has 5 N–H and O–H groups in total. The first-order valence-corrected chi connectivity index (χ1v) is 11.6. The lowest BCUT2D eigenvalue weighted by molar-refractivity contribution is -0.271. The van der Waals surface area contributed by atoms with Gasteiger partial charge in [-0.3, -0.25) is 0 Å². The zero-order valence-electron chi connectivity index (χ0n) is 18.1. The van der Waals surface area contributed by atoms with Crippen molar-refractivity contribution in [3.05, 3.63) is 66.2 Å². The molecule has 9 nitrogen and oxygen atoms in total. The maximum absolute atomic E-state index is 11.6. The van der Waals surface area contributed by atoms with Crippen molar-refractivity contribution in [2.24, 2.45) is 0 Å². The number of hydrogen-bond acceptors (Lipinski definition) is 9. The van der Waals surface area contributed by atoms with Crippen molar-refractivity contribution in [2.45, 2.75) is 30.7 Å². The number of benzene rings is 3. The van der Waals surface area contributed by atoms with Gasteiger partial charge in [0.25, 0.3) is 0 Å². The van der Waals surface area contributed by atoms with Crippen LogP contribution in [0.3, 0.4) is 0 Å². The van der Waals surface area contributed by atoms with Gasteiger partial charge in [-0.1, -0.05) is 60.7 Å². The summed E-state index contributed by atoms with van der Waals surface area (Å²) in [6.45, 7) is 0. The second-order valence-corrected chi connectivity index (χ2v) is 8.90. The molecule has 1 aromatic heterocycles. The number of nitrogens with zero attached hydrogens (tertiary/aromatic N) is 1. The first-order valence-electron chi connectivity index (χ1n) is 10.7. The molecule has 1 saturated heterocycles. The Morgan fingerprint density at radius 1 is 0.886 bits per heavy atom. The van der Waals surface area contributed by atoms with Gasteiger partial charge >= 0.3 is 5.97 Å². The molecule has 10 heteroatoms. The summed E-state index contributed by atoms with van der Waals surface area (Å²) in [5, 5.41) is 51.7. The normalized spacial score (nSPS) is 24.4. The molecule has 2 heterocycles. The van der Waals surface area contributed by atoms with E-state index in [4.69, 9.17) is 9.47 Å². The lowest BCUT2D eigenvalue weighted by Crippen LogP contribution is -2.61. The number of fused-ring (bicyclic) bond motifs is 1. The van der Waals surface area contributed by atoms with E-state index in [-0.39, 0.29) is 11.5 Å². The van der Waals surface area contributed by atoms with E-state index in [2.05, 4.69) is 4.98 Å². The number of rotatable bonds is 5. The quantitative estimate of drug-likeness (QED) is 0.282. The van der Waals surface area contributed by atoms with E-state index in [9.17, 15) is 30.3 Å². The van der Waals surface area contributed by atoms with Gasteiger partial charge in [-0.2, -0.15) is 0 Å². The van der Waals surface area contributed by atoms with Crippen molar-refractivity contribution in [1.29, 1.82) is 0 Å². The van der Waals surface area contributed by atoms with E-state index >= 15 is 0 Å². The Morgan fingerprint density at radius 3 is 2.09 bits per heavy atom. The second-order valence-electron chi connectivity index (χ2n) is 8.04. The number of aromatic nitrogens is 1. The predicted octanol–water partition coefficient (Wildman–Crippen LogP) is 2.61. The maximum Gasteiger partial charge on any atom is 0.335 e. The third-order valence-corrected chi connectivity index (χ3v) is 6.73. The third-order valence-electron chi connectivity index (χ3n) is 5.88. The molecule has 180 valence electrons. The molecular weight excluding hydrogens is 474 g/mol. The van der Waals surface area contributed by atoms with Crippen LogP contribution >= 0.6 is 11.3 Å². The van der Waals surface area contributed by atoms with Gasteiger partial charge in [-0.15, -0.1) is 11.3 Å². The Hall–Kier alpha value is -3.54. The minimum atomic E-state index is -1.87. The average molecular weight is 496 g/mol. The van der Waals surface area contributed by atoms with Crippen LogP contribution in [0.1, 0.15) is 0 Å². The molecule has 35 heavy (non-hydrogen) atoms. The molecule has 0 unspecified atom stereocenters. The Morgan fingerprint density at radius 2 is 1.49 bits per heavy atom. The van der Waals surface area contributed by atoms with Gasteiger partial charge < -0.3 is 35.0 Å². The second kappa shape index (κ2) is 9.25. The predicted molar refractivity (Wildman–Crippen MR) is 127 cm³/mol. The number of aliphatic hydroxyl groups is 3. The summed E-state index contributed by atoms with van der Waals surface area (Å²) in [6, 6.07) is 18.1. The van der Waals surface area contributed by atoms with Crippen LogP contribution in [0.15, 0.2) is 66.2 Å². The number of aromatic hydroxyl groups is 1. The number of aliphatic carboxylic acids is 1. The van der Waals surface area contributed by atoms with Gasteiger partial charge in [-0.05, 0) is 11.1 Å². The summed E-state index contributed by atoms with van der Waals surface area (Å²) in [4.78, 5) is 16.1. The van der Waals surface area contributed by atoms with Crippen LogP contribution in [0.2, 0.25) is 0 Å². The van der Waals surface area contributed by atoms with Crippen LogP contribution in [-0.2, 0) is 9.53 Å². The molecule has 0 bridgehead atoms. The topological polar surface area (TPSA) is 150 Å². The van der Waals surface area contributed by atoms with Crippen LogP contribution in [0.25, 0.3) is 32.5 Å². The number of thiazole rings is 1. The van der Waals surface area contributed by atoms with Gasteiger partial charge in [0.1, 0.15) is 18.3 Å². The number of hydrogen-bond donors (Lipinski definition) is 5. The highest BCUT2D eigenvalue weighted by molar-refractivity contribution is 7.17. The number of phenols is 1. The van der Waals surface area contributed by atoms with E-state index in [1.807, 2.05) is 36.4 Å². The van der Waals surface area contributed by atoms with Crippen molar-refractivity contribution < 1.29 is 39.8 Å². The largest absolute Gasteiger partial charge is 0.504 e. The SMILES string of the molecule is O=C(O)[C@H]1O[C@@H](Oc2c(O)c(-c3ccccc3)c3scnc3c2-c2ccccc2)[C@H](O)[C@@H](O)[C@@H]1O. The molecule has 0 amide bonds. The summed E-state index contributed by atoms with van der Waals surface area (Å²) in [7, 11) is 0. The van der Waals surface area contributed by atoms with Gasteiger partial charge in [0.15, 0.2) is 17.6 Å². The number of carboxylic acids is 1. The first-order chi connectivity index (χ1) is 16.9. The summed E-state index contributed by atoms with van der Waals surface area (Å²) in [5.41, 5.74) is 4.34. The Kier molecular flexibility index (Phi) is 6.13. The molecule has 0 saturated carbocycles. The standard InChI is InChI=1S/C25H21NO8S/c27-17-15(13-9-5-2-6-10-13)23-16(26-11-35-23)14(12-7-3-1-4-8-12)21(17)33-25-20(30)18(28)19(29)22(34-25)24(31)32/h1-11,18-20,22,25,27-30H,(H,31,32)/t18-,19-,20+,22-,25+/m0/s1. The van der Waals surface area contributed by atoms with E-state index in [1.165, 1.54) is 11.3 Å². The summed E-state index contributed by atoms with van der Waals surface area (Å²) >= 11 is 1.33. The number of aliphatic hydroxyl groups excluding tert-OH is 3. The van der Waals surface area contributed by atoms with Gasteiger partial charge in [0.2, 0.25) is 6.29 Å². The van der Waals surface area contributed by atoms with Gasteiger partial charge in [0, 0.05) is 5.56 Å². The smallest absolute Gasteiger partial charge is 0.335 e. The zero-order valence-corrected chi connectivity index (χ0v) is 18.9. The Bertz CT molecular complexity index is 1360. The number of carbonyl (C=O) groups is 1. The molecular formula is C25H21NO8S. The van der Waals surface area contributed by atoms with E-state index in [1.54, 1.807) is 29.8 Å². The highest BCUT2D eigenvalue weighted by Crippen LogP contribution is 2.51. The molecule has 4 aromatic rings. The van der Waals surface area contributed by atoms with Crippen molar-refractivity contribution in [1.82, 2.24) is 4.98 Å². The summed E-state index contributed by atoms with van der Waals surface area (Å²) in [5.74, 6) is -1.91. The highest BCUT2D eigenvalue weighted by atomic mass is 32.1. The average Bonchev–Trinajstić information content (AvgIpc) is 3.34. The summed E-state index contributed by atoms with van der Waals surface area (Å²) < 4.78 is 11.9. The van der Waals surface area contributed by atoms with Crippen LogP contribution in [0, 0.1) is 0 Å². The van der Waals surface area contributed by atoms with Gasteiger partial charge in [-0.25, -0.2) is 9.78 Å². The number of ether oxygens (including phenoxy) is 2. The van der Waals surface area contributed by atoms with Crippen LogP contribution < -0.4 is 4.74 Å². The van der Waals surface area contributed by atoms with Crippen LogP contribution in [0.5, 0.6) is 11.5 Å². The first kappa shape index (κ1) is 23.2. The molecule has 3 aromatic carbocycles. The molecule has 1 aliphatic rings. The number of carboxylic acid groups (broad SMARTS) is 1. The third kappa shape index (κ3) is 4.01. The summed E-state index contributed by atoms with van der Waals surface area (Å²) in [6.07, 6.45) is -9.07. The maximum atomic E-state index is 11.6. The molecule has 5 rings (SSSR count). The van der Waals surface area contributed by atoms with Crippen molar-refractivity contribution in [3.8, 4) is 33.8 Å². The lowest BCUT2D eigenvalue weighted by atomic mass is 9.96. The fraction of sp³-hybridized carbons (Fsp3) is 0.200. The molecule has 0 aliphatic carbocycles. The fourth-order valence-corrected chi connectivity index (χ4v) is 5.04. The lowest BCUT2D eigenvalue weighted by Gasteiger charge is -2.38. The van der Waals surface area contributed by atoms with Crippen molar-refractivity contribution in [3.63, 3.8) is 0 Å². The van der Waals surface area contributed by atoms with Crippen LogP contribution in [0.4, 0.5) is 0 Å². The minimum Gasteiger partial charge on any atom is -0.504 e. The van der Waals surface area contributed by atoms with Gasteiger partial charge in [0.05, 0.1) is 21.3 Å². The van der Waals surface area contributed by atoms with Crippen molar-refractivity contribution >= 4 is 27.5 Å². The molecule has 5 atom stereocenters. The van der Waals surface area contributed by atoms with E-state index < -0.39 is 36.7 Å². The fourth-order valence-electron chi connectivity index (χ4n) is 4.17. The molecule has 1 aliphatic heterocycles. The minimum absolute atomic E-state index is 0.106. The van der Waals surface area contributed by atoms with E-state index in [0.717, 1.165) is 0 Å². The Balaban J connectivity index is 1.72. The highest BCUT2D eigenvalue weighted by Gasteiger charge is 2.48. The molecule has 0 spiro atoms. The Labute approximate surface area is 203 Å². The van der Waals surface area contributed by atoms with E-state index in [0.29, 0.717) is 32.5 Å². The zero-order chi connectivity index (χ0) is 24.7. The monoisotopic (exact) mass is 495 g/mol. The van der Waals surface area contributed by atoms with Crippen molar-refractivity contribution in [2.75, 3.05) is 0 Å². The molecule has 1 fully saturated rings. The molecule has 0 radical (unpaired) electrons. The number of phenolic OH excluding ortho intramolecular Hbond substituents is 1. The van der Waals surface area contributed by atoms with Crippen LogP contribution in [-0.4, -0.2) is 67.2 Å².